The summed E-state index contributed by atoms with van der Waals surface area (Å²) in [5.41, 5.74) is 3.03. The summed E-state index contributed by atoms with van der Waals surface area (Å²) < 4.78 is 0. The summed E-state index contributed by atoms with van der Waals surface area (Å²) in [7, 11) is 0. The molecule has 1 aliphatic carbocycles. The van der Waals surface area contributed by atoms with Crippen LogP contribution in [0.4, 0.5) is 0 Å². The molecule has 3 heteroatoms. The molecule has 3 nitrogen and oxygen atoms in total. The van der Waals surface area contributed by atoms with Gasteiger partial charge in [0.1, 0.15) is 5.71 Å². The predicted molar refractivity (Wildman–Crippen MR) is 122 cm³/mol. The highest BCUT2D eigenvalue weighted by Gasteiger charge is 2.16. The maximum Gasteiger partial charge on any atom is 0.213 e. The maximum absolute atomic E-state index is 13.1. The molecule has 29 heavy (non-hydrogen) atoms. The van der Waals surface area contributed by atoms with Gasteiger partial charge in [0.2, 0.25) is 5.78 Å². The Morgan fingerprint density at radius 1 is 0.586 bits per heavy atom. The van der Waals surface area contributed by atoms with Crippen molar-refractivity contribution in [3.05, 3.63) is 71.8 Å². The second kappa shape index (κ2) is 12.1. The van der Waals surface area contributed by atoms with E-state index in [0.29, 0.717) is 11.3 Å². The van der Waals surface area contributed by atoms with E-state index in [1.165, 1.54) is 57.8 Å². The standard InChI is InChI=1S/C26H32N2O/c29-26(23-18-12-9-13-19-23)25(22-16-10-8-11-17-22)28-27-24-20-14-6-4-2-1-3-5-7-15-21-24/h8-13,16-19H,1-7,14-15,20-21H2. The molecule has 2 aromatic rings. The van der Waals surface area contributed by atoms with E-state index >= 15 is 0 Å². The first-order valence-corrected chi connectivity index (χ1v) is 11.1. The largest absolute Gasteiger partial charge is 0.287 e. The van der Waals surface area contributed by atoms with E-state index in [-0.39, 0.29) is 5.78 Å². The van der Waals surface area contributed by atoms with Crippen molar-refractivity contribution in [2.75, 3.05) is 0 Å². The van der Waals surface area contributed by atoms with Gasteiger partial charge in [-0.2, -0.15) is 5.10 Å². The third kappa shape index (κ3) is 7.08. The quantitative estimate of drug-likeness (QED) is 0.315. The van der Waals surface area contributed by atoms with E-state index in [4.69, 9.17) is 0 Å². The summed E-state index contributed by atoms with van der Waals surface area (Å²) >= 11 is 0. The highest BCUT2D eigenvalue weighted by Crippen LogP contribution is 2.16. The van der Waals surface area contributed by atoms with Gasteiger partial charge in [0.05, 0.1) is 0 Å². The first-order chi connectivity index (χ1) is 14.3. The Labute approximate surface area is 175 Å². The summed E-state index contributed by atoms with van der Waals surface area (Å²) in [6.07, 6.45) is 13.6. The molecule has 0 amide bonds. The van der Waals surface area contributed by atoms with Crippen LogP contribution in [0.2, 0.25) is 0 Å². The number of carbonyl (C=O) groups excluding carboxylic acids is 1. The molecule has 0 radical (unpaired) electrons. The molecule has 0 bridgehead atoms. The Kier molecular flexibility index (Phi) is 8.84. The molecule has 0 aromatic heterocycles. The Hall–Kier alpha value is -2.55. The maximum atomic E-state index is 13.1. The third-order valence-electron chi connectivity index (χ3n) is 5.52. The van der Waals surface area contributed by atoms with Crippen molar-refractivity contribution in [1.29, 1.82) is 0 Å². The van der Waals surface area contributed by atoms with Gasteiger partial charge < -0.3 is 0 Å². The van der Waals surface area contributed by atoms with Gasteiger partial charge >= 0.3 is 0 Å². The number of hydrogen-bond acceptors (Lipinski definition) is 3. The topological polar surface area (TPSA) is 41.8 Å². The van der Waals surface area contributed by atoms with Crippen molar-refractivity contribution in [2.45, 2.75) is 70.6 Å². The predicted octanol–water partition coefficient (Wildman–Crippen LogP) is 7.02. The summed E-state index contributed by atoms with van der Waals surface area (Å²) in [6.45, 7) is 0. The number of nitrogens with zero attached hydrogens (tertiary/aromatic N) is 2. The molecule has 0 aliphatic heterocycles. The van der Waals surface area contributed by atoms with Crippen molar-refractivity contribution >= 4 is 17.2 Å². The molecule has 0 unspecified atom stereocenters. The highest BCUT2D eigenvalue weighted by atomic mass is 16.1. The van der Waals surface area contributed by atoms with Gasteiger partial charge in [0.15, 0.2) is 0 Å². The zero-order valence-electron chi connectivity index (χ0n) is 17.4. The smallest absolute Gasteiger partial charge is 0.213 e. The van der Waals surface area contributed by atoms with E-state index in [0.717, 1.165) is 24.1 Å². The fraction of sp³-hybridized carbons (Fsp3) is 0.423. The first-order valence-electron chi connectivity index (χ1n) is 11.1. The minimum Gasteiger partial charge on any atom is -0.287 e. The normalized spacial score (nSPS) is 17.1. The van der Waals surface area contributed by atoms with Gasteiger partial charge in [-0.25, -0.2) is 0 Å². The Morgan fingerprint density at radius 3 is 1.55 bits per heavy atom. The van der Waals surface area contributed by atoms with E-state index < -0.39 is 0 Å². The van der Waals surface area contributed by atoms with Crippen LogP contribution in [0.5, 0.6) is 0 Å². The van der Waals surface area contributed by atoms with Crippen LogP contribution in [0.25, 0.3) is 0 Å². The zero-order chi connectivity index (χ0) is 20.2. The second-order valence-electron chi connectivity index (χ2n) is 7.86. The fourth-order valence-electron chi connectivity index (χ4n) is 3.80. The Morgan fingerprint density at radius 2 is 1.03 bits per heavy atom. The number of hydrogen-bond donors (Lipinski definition) is 0. The van der Waals surface area contributed by atoms with Gasteiger partial charge in [0.25, 0.3) is 0 Å². The van der Waals surface area contributed by atoms with Crippen LogP contribution in [-0.4, -0.2) is 17.2 Å². The van der Waals surface area contributed by atoms with Crippen LogP contribution in [0.3, 0.4) is 0 Å². The average molecular weight is 389 g/mol. The van der Waals surface area contributed by atoms with Crippen molar-refractivity contribution < 1.29 is 4.79 Å². The van der Waals surface area contributed by atoms with Crippen LogP contribution in [0, 0.1) is 0 Å². The molecule has 0 saturated heterocycles. The summed E-state index contributed by atoms with van der Waals surface area (Å²) in [6, 6.07) is 19.0. The molecule has 152 valence electrons. The molecule has 2 aromatic carbocycles. The lowest BCUT2D eigenvalue weighted by Gasteiger charge is -2.09. The number of Topliss-reactive ketones (excluding diaryl/α,β-unsaturated/α-hetero) is 1. The van der Waals surface area contributed by atoms with Crippen LogP contribution in [0.1, 0.15) is 86.6 Å². The van der Waals surface area contributed by atoms with Crippen LogP contribution in [-0.2, 0) is 0 Å². The van der Waals surface area contributed by atoms with E-state index in [9.17, 15) is 4.79 Å². The lowest BCUT2D eigenvalue weighted by Crippen LogP contribution is -2.16. The number of ketones is 1. The van der Waals surface area contributed by atoms with Crippen molar-refractivity contribution in [1.82, 2.24) is 0 Å². The number of benzene rings is 2. The molecule has 0 spiro atoms. The summed E-state index contributed by atoms with van der Waals surface area (Å²) in [4.78, 5) is 13.1. The van der Waals surface area contributed by atoms with E-state index in [1.807, 2.05) is 60.7 Å². The molecule has 1 saturated carbocycles. The van der Waals surface area contributed by atoms with Gasteiger partial charge in [-0.3, -0.25) is 4.79 Å². The van der Waals surface area contributed by atoms with Crippen LogP contribution < -0.4 is 0 Å². The fourth-order valence-corrected chi connectivity index (χ4v) is 3.80. The van der Waals surface area contributed by atoms with E-state index in [2.05, 4.69) is 10.2 Å². The lowest BCUT2D eigenvalue weighted by molar-refractivity contribution is 0.106. The highest BCUT2D eigenvalue weighted by molar-refractivity contribution is 6.51. The molecular formula is C26H32N2O. The van der Waals surface area contributed by atoms with Crippen LogP contribution >= 0.6 is 0 Å². The first kappa shape index (κ1) is 21.2. The minimum absolute atomic E-state index is 0.0747. The third-order valence-corrected chi connectivity index (χ3v) is 5.52. The summed E-state index contributed by atoms with van der Waals surface area (Å²) in [5, 5.41) is 9.14. The minimum atomic E-state index is -0.0747. The molecular weight excluding hydrogens is 356 g/mol. The van der Waals surface area contributed by atoms with Crippen molar-refractivity contribution in [3.63, 3.8) is 0 Å². The summed E-state index contributed by atoms with van der Waals surface area (Å²) in [5.74, 6) is -0.0747. The zero-order valence-corrected chi connectivity index (χ0v) is 17.4. The molecule has 0 N–H and O–H groups in total. The Bertz CT molecular complexity index is 795. The molecule has 0 heterocycles. The molecule has 3 rings (SSSR count). The monoisotopic (exact) mass is 388 g/mol. The number of rotatable bonds is 4. The van der Waals surface area contributed by atoms with Gasteiger partial charge in [-0.15, -0.1) is 5.10 Å². The van der Waals surface area contributed by atoms with Crippen molar-refractivity contribution in [2.24, 2.45) is 10.2 Å². The lowest BCUT2D eigenvalue weighted by atomic mass is 10.00. The second-order valence-corrected chi connectivity index (χ2v) is 7.86. The average Bonchev–Trinajstić information content (AvgIpc) is 2.76. The SMILES string of the molecule is O=C(C(=NN=C1CCCCCCCCCCC1)c1ccccc1)c1ccccc1. The van der Waals surface area contributed by atoms with Crippen molar-refractivity contribution in [3.8, 4) is 0 Å². The molecule has 0 atom stereocenters. The van der Waals surface area contributed by atoms with Gasteiger partial charge in [-0.05, 0) is 25.7 Å². The van der Waals surface area contributed by atoms with E-state index in [1.54, 1.807) is 0 Å². The Balaban J connectivity index is 1.83. The van der Waals surface area contributed by atoms with Gasteiger partial charge in [0, 0.05) is 16.8 Å². The van der Waals surface area contributed by atoms with Gasteiger partial charge in [-0.1, -0.05) is 106 Å². The number of carbonyl (C=O) groups is 1. The molecule has 1 fully saturated rings. The van der Waals surface area contributed by atoms with Crippen LogP contribution in [0.15, 0.2) is 70.9 Å². The molecule has 1 aliphatic rings.